The molecule has 0 aromatic carbocycles. The van der Waals surface area contributed by atoms with Crippen molar-refractivity contribution in [3.8, 4) is 0 Å². The summed E-state index contributed by atoms with van der Waals surface area (Å²) in [6.07, 6.45) is 87.9. The molecular formula is C72H135NO5. The van der Waals surface area contributed by atoms with Crippen molar-refractivity contribution < 1.29 is 24.5 Å². The monoisotopic (exact) mass is 1090 g/mol. The van der Waals surface area contributed by atoms with Gasteiger partial charge in [0, 0.05) is 12.8 Å². The lowest BCUT2D eigenvalue weighted by molar-refractivity contribution is -0.143. The number of ether oxygens (including phenoxy) is 1. The van der Waals surface area contributed by atoms with E-state index < -0.39 is 12.1 Å². The Hall–Kier alpha value is -2.18. The molecule has 1 amide bonds. The maximum absolute atomic E-state index is 12.4. The minimum Gasteiger partial charge on any atom is -0.466 e. The summed E-state index contributed by atoms with van der Waals surface area (Å²) in [5.41, 5.74) is 0. The minimum atomic E-state index is -0.839. The van der Waals surface area contributed by atoms with Crippen molar-refractivity contribution in [1.29, 1.82) is 0 Å². The molecule has 0 radical (unpaired) electrons. The Labute approximate surface area is 486 Å². The van der Waals surface area contributed by atoms with Crippen molar-refractivity contribution in [2.24, 2.45) is 0 Å². The first kappa shape index (κ1) is 75.8. The van der Waals surface area contributed by atoms with Crippen LogP contribution in [-0.2, 0) is 14.3 Å². The predicted molar refractivity (Wildman–Crippen MR) is 342 cm³/mol. The molecule has 6 nitrogen and oxygen atoms in total. The largest absolute Gasteiger partial charge is 0.466 e. The molecule has 6 heteroatoms. The summed E-state index contributed by atoms with van der Waals surface area (Å²) in [4.78, 5) is 24.5. The van der Waals surface area contributed by atoms with E-state index in [1.165, 1.54) is 295 Å². The van der Waals surface area contributed by atoms with Gasteiger partial charge in [-0.1, -0.05) is 319 Å². The van der Waals surface area contributed by atoms with Gasteiger partial charge in [-0.2, -0.15) is 0 Å². The molecule has 0 bridgehead atoms. The van der Waals surface area contributed by atoms with Crippen LogP contribution in [0.3, 0.4) is 0 Å². The van der Waals surface area contributed by atoms with Crippen LogP contribution in [0.2, 0.25) is 0 Å². The molecule has 0 aromatic heterocycles. The van der Waals surface area contributed by atoms with Crippen molar-refractivity contribution in [3.63, 3.8) is 0 Å². The molecular weight excluding hydrogens is 959 g/mol. The number of aliphatic hydroxyl groups is 2. The number of aliphatic hydroxyl groups excluding tert-OH is 2. The van der Waals surface area contributed by atoms with Crippen molar-refractivity contribution >= 4 is 11.9 Å². The number of unbranched alkanes of at least 4 members (excludes halogenated alkanes) is 48. The molecule has 0 fully saturated rings. The SMILES string of the molecule is CCCCC/C=C\C/C=C\CCCCCCCC(=O)OCCCCCCCCCCCCCCCCCC/C=C\CCCCCCCCCCCCCCCCCCCC(=O)NC(CO)C(O)/C=C/CCCCCCCCC. The Morgan fingerprint density at radius 1 is 0.359 bits per heavy atom. The molecule has 0 rings (SSSR count). The molecule has 0 spiro atoms. The molecule has 0 saturated heterocycles. The summed E-state index contributed by atoms with van der Waals surface area (Å²) in [7, 11) is 0. The van der Waals surface area contributed by atoms with Crippen molar-refractivity contribution in [1.82, 2.24) is 5.32 Å². The highest BCUT2D eigenvalue weighted by Crippen LogP contribution is 2.18. The first-order chi connectivity index (χ1) is 38.5. The third-order valence-corrected chi connectivity index (χ3v) is 16.1. The van der Waals surface area contributed by atoms with Crippen LogP contribution < -0.4 is 5.32 Å². The summed E-state index contributed by atoms with van der Waals surface area (Å²) in [5.74, 6) is -0.0588. The fourth-order valence-electron chi connectivity index (χ4n) is 10.7. The van der Waals surface area contributed by atoms with E-state index in [9.17, 15) is 19.8 Å². The van der Waals surface area contributed by atoms with E-state index in [4.69, 9.17) is 4.74 Å². The average Bonchev–Trinajstić information content (AvgIpc) is 3.44. The van der Waals surface area contributed by atoms with E-state index in [1.807, 2.05) is 6.08 Å². The summed E-state index contributed by atoms with van der Waals surface area (Å²) in [6, 6.07) is -0.623. The highest BCUT2D eigenvalue weighted by atomic mass is 16.5. The van der Waals surface area contributed by atoms with E-state index in [2.05, 4.69) is 55.6 Å². The molecule has 0 aliphatic rings. The molecule has 0 saturated carbocycles. The second-order valence-electron chi connectivity index (χ2n) is 23.9. The van der Waals surface area contributed by atoms with Crippen LogP contribution in [0.5, 0.6) is 0 Å². The Kier molecular flexibility index (Phi) is 65.4. The zero-order chi connectivity index (χ0) is 56.4. The van der Waals surface area contributed by atoms with E-state index in [-0.39, 0.29) is 18.5 Å². The van der Waals surface area contributed by atoms with Gasteiger partial charge in [-0.3, -0.25) is 9.59 Å². The van der Waals surface area contributed by atoms with Crippen LogP contribution in [0.4, 0.5) is 0 Å². The molecule has 3 N–H and O–H groups in total. The van der Waals surface area contributed by atoms with Crippen molar-refractivity contribution in [3.05, 3.63) is 48.6 Å². The number of carbonyl (C=O) groups is 2. The number of nitrogens with one attached hydrogen (secondary N) is 1. The van der Waals surface area contributed by atoms with Crippen LogP contribution in [0.15, 0.2) is 48.6 Å². The van der Waals surface area contributed by atoms with Crippen molar-refractivity contribution in [2.75, 3.05) is 13.2 Å². The molecule has 2 atom stereocenters. The molecule has 0 heterocycles. The molecule has 78 heavy (non-hydrogen) atoms. The highest BCUT2D eigenvalue weighted by molar-refractivity contribution is 5.76. The third-order valence-electron chi connectivity index (χ3n) is 16.1. The number of amides is 1. The lowest BCUT2D eigenvalue weighted by Gasteiger charge is -2.20. The second kappa shape index (κ2) is 67.3. The fraction of sp³-hybridized carbons (Fsp3) is 0.861. The number of esters is 1. The number of hydrogen-bond acceptors (Lipinski definition) is 5. The lowest BCUT2D eigenvalue weighted by atomic mass is 10.0. The maximum atomic E-state index is 12.4. The van der Waals surface area contributed by atoms with E-state index >= 15 is 0 Å². The average molecular weight is 1090 g/mol. The standard InChI is InChI=1S/C72H135NO5/c1-3-5-7-9-11-13-14-15-39-43-46-50-54-58-62-66-72(77)78-67-63-59-55-51-47-44-41-38-36-34-32-30-28-26-24-22-20-18-16-17-19-21-23-25-27-29-31-33-35-37-40-42-45-49-53-57-61-65-71(76)73-69(68-74)70(75)64-60-56-52-48-12-10-8-6-4-2/h11,13,15-16,18,39,60,64,69-70,74-75H,3-10,12,14,17,19-38,40-59,61-63,65-68H2,1-2H3,(H,73,76)/b13-11-,18-16-,39-15-,64-60+. The first-order valence-electron chi connectivity index (χ1n) is 34.9. The van der Waals surface area contributed by atoms with Crippen molar-refractivity contribution in [2.45, 2.75) is 386 Å². The topological polar surface area (TPSA) is 95.9 Å². The van der Waals surface area contributed by atoms with Gasteiger partial charge in [0.25, 0.3) is 0 Å². The van der Waals surface area contributed by atoms with Gasteiger partial charge in [0.1, 0.15) is 0 Å². The Balaban J connectivity index is 3.32. The van der Waals surface area contributed by atoms with Gasteiger partial charge < -0.3 is 20.3 Å². The lowest BCUT2D eigenvalue weighted by Crippen LogP contribution is -2.45. The van der Waals surface area contributed by atoms with Gasteiger partial charge in [0.05, 0.1) is 25.4 Å². The number of allylic oxidation sites excluding steroid dienone is 7. The quantitative estimate of drug-likeness (QED) is 0.0320. The molecule has 0 aliphatic carbocycles. The molecule has 2 unspecified atom stereocenters. The molecule has 0 aliphatic heterocycles. The number of carbonyl (C=O) groups excluding carboxylic acids is 2. The van der Waals surface area contributed by atoms with Crippen LogP contribution in [-0.4, -0.2) is 47.4 Å². The van der Waals surface area contributed by atoms with Gasteiger partial charge in [-0.05, 0) is 89.9 Å². The van der Waals surface area contributed by atoms with Gasteiger partial charge in [0.2, 0.25) is 5.91 Å². The zero-order valence-corrected chi connectivity index (χ0v) is 52.4. The normalized spacial score (nSPS) is 12.8. The summed E-state index contributed by atoms with van der Waals surface area (Å²) >= 11 is 0. The number of rotatable bonds is 65. The first-order valence-corrected chi connectivity index (χ1v) is 34.9. The smallest absolute Gasteiger partial charge is 0.305 e. The van der Waals surface area contributed by atoms with Crippen LogP contribution in [0.1, 0.15) is 373 Å². The van der Waals surface area contributed by atoms with E-state index in [0.717, 1.165) is 51.4 Å². The van der Waals surface area contributed by atoms with E-state index in [0.29, 0.717) is 19.4 Å². The summed E-state index contributed by atoms with van der Waals surface area (Å²) in [5, 5.41) is 23.0. The second-order valence-corrected chi connectivity index (χ2v) is 23.9. The van der Waals surface area contributed by atoms with E-state index in [1.54, 1.807) is 6.08 Å². The number of hydrogen-bond donors (Lipinski definition) is 3. The zero-order valence-electron chi connectivity index (χ0n) is 52.4. The Morgan fingerprint density at radius 2 is 0.641 bits per heavy atom. The van der Waals surface area contributed by atoms with Crippen LogP contribution in [0, 0.1) is 0 Å². The Morgan fingerprint density at radius 3 is 1.01 bits per heavy atom. The molecule has 0 aromatic rings. The third kappa shape index (κ3) is 63.0. The van der Waals surface area contributed by atoms with Crippen LogP contribution in [0.25, 0.3) is 0 Å². The van der Waals surface area contributed by atoms with Gasteiger partial charge >= 0.3 is 5.97 Å². The Bertz CT molecular complexity index is 1310. The van der Waals surface area contributed by atoms with Gasteiger partial charge in [-0.25, -0.2) is 0 Å². The predicted octanol–water partition coefficient (Wildman–Crippen LogP) is 22.5. The van der Waals surface area contributed by atoms with Crippen LogP contribution >= 0.6 is 0 Å². The molecule has 458 valence electrons. The minimum absolute atomic E-state index is 0.00705. The highest BCUT2D eigenvalue weighted by Gasteiger charge is 2.18. The summed E-state index contributed by atoms with van der Waals surface area (Å²) < 4.78 is 5.49. The van der Waals surface area contributed by atoms with Gasteiger partial charge in [0.15, 0.2) is 0 Å². The summed E-state index contributed by atoms with van der Waals surface area (Å²) in [6.45, 7) is 4.86. The van der Waals surface area contributed by atoms with Gasteiger partial charge in [-0.15, -0.1) is 0 Å². The maximum Gasteiger partial charge on any atom is 0.305 e. The fourth-order valence-corrected chi connectivity index (χ4v) is 10.7.